The molecule has 0 fully saturated rings. The molecule has 0 saturated heterocycles. The molecular weight excluding hydrogens is 374 g/mol. The molecule has 0 radical (unpaired) electrons. The lowest BCUT2D eigenvalue weighted by Gasteiger charge is -2.08. The first-order valence-corrected chi connectivity index (χ1v) is 9.19. The van der Waals surface area contributed by atoms with Gasteiger partial charge in [0.25, 0.3) is 0 Å². The Morgan fingerprint density at radius 3 is 2.69 bits per heavy atom. The molecule has 3 aromatic heterocycles. The molecule has 26 heavy (non-hydrogen) atoms. The molecular formula is C17H14ClN5O2S. The zero-order chi connectivity index (χ0) is 17.9. The summed E-state index contributed by atoms with van der Waals surface area (Å²) in [5.41, 5.74) is 0.925. The first kappa shape index (κ1) is 16.9. The van der Waals surface area contributed by atoms with E-state index < -0.39 is 0 Å². The number of hydrogen-bond acceptors (Lipinski definition) is 7. The molecule has 0 unspecified atom stereocenters. The second-order valence-corrected chi connectivity index (χ2v) is 6.88. The topological polar surface area (TPSA) is 82.8 Å². The van der Waals surface area contributed by atoms with Crippen molar-refractivity contribution in [1.29, 1.82) is 0 Å². The van der Waals surface area contributed by atoms with Crippen molar-refractivity contribution in [2.24, 2.45) is 0 Å². The Balaban J connectivity index is 1.65. The van der Waals surface area contributed by atoms with Gasteiger partial charge in [-0.25, -0.2) is 0 Å². The van der Waals surface area contributed by atoms with Crippen LogP contribution in [-0.4, -0.2) is 24.9 Å². The van der Waals surface area contributed by atoms with Crippen LogP contribution in [0.5, 0.6) is 0 Å². The number of aromatic nitrogens is 5. The molecule has 0 spiro atoms. The zero-order valence-electron chi connectivity index (χ0n) is 13.8. The molecule has 7 nitrogen and oxygen atoms in total. The maximum absolute atomic E-state index is 5.99. The van der Waals surface area contributed by atoms with Gasteiger partial charge in [-0.2, -0.15) is 4.98 Å². The average molecular weight is 388 g/mol. The molecule has 4 rings (SSSR count). The van der Waals surface area contributed by atoms with Gasteiger partial charge >= 0.3 is 0 Å². The van der Waals surface area contributed by atoms with E-state index in [0.717, 1.165) is 22.3 Å². The van der Waals surface area contributed by atoms with Crippen LogP contribution in [0.15, 0.2) is 56.8 Å². The predicted octanol–water partition coefficient (Wildman–Crippen LogP) is 4.22. The van der Waals surface area contributed by atoms with Crippen LogP contribution in [0.2, 0.25) is 5.02 Å². The van der Waals surface area contributed by atoms with Crippen molar-refractivity contribution < 1.29 is 8.94 Å². The van der Waals surface area contributed by atoms with Crippen molar-refractivity contribution >= 4 is 23.4 Å². The van der Waals surface area contributed by atoms with Crippen LogP contribution in [0.1, 0.15) is 17.5 Å². The van der Waals surface area contributed by atoms with Gasteiger partial charge in [-0.05, 0) is 43.3 Å². The normalized spacial score (nSPS) is 11.2. The molecule has 0 saturated carbocycles. The molecule has 0 aliphatic heterocycles. The number of aryl methyl sites for hydroxylation is 1. The number of benzene rings is 1. The van der Waals surface area contributed by atoms with Crippen LogP contribution in [0.25, 0.3) is 11.4 Å². The van der Waals surface area contributed by atoms with Crippen LogP contribution >= 0.6 is 23.4 Å². The van der Waals surface area contributed by atoms with Crippen molar-refractivity contribution in [2.45, 2.75) is 24.4 Å². The van der Waals surface area contributed by atoms with Crippen LogP contribution in [0.4, 0.5) is 0 Å². The number of nitrogens with zero attached hydrogens (tertiary/aromatic N) is 5. The lowest BCUT2D eigenvalue weighted by Crippen LogP contribution is -2.03. The third kappa shape index (κ3) is 3.66. The van der Waals surface area contributed by atoms with E-state index in [9.17, 15) is 0 Å². The molecule has 0 amide bonds. The fraction of sp³-hybridized carbons (Fsp3) is 0.176. The van der Waals surface area contributed by atoms with Crippen LogP contribution in [0, 0.1) is 6.92 Å². The molecule has 132 valence electrons. The highest BCUT2D eigenvalue weighted by Gasteiger charge is 2.17. The smallest absolute Gasteiger partial charge is 0.237 e. The van der Waals surface area contributed by atoms with Crippen molar-refractivity contribution in [3.05, 3.63) is 65.2 Å². The van der Waals surface area contributed by atoms with E-state index in [1.165, 1.54) is 11.8 Å². The van der Waals surface area contributed by atoms with E-state index >= 15 is 0 Å². The number of hydrogen-bond donors (Lipinski definition) is 0. The summed E-state index contributed by atoms with van der Waals surface area (Å²) in [4.78, 5) is 4.22. The molecule has 0 aliphatic carbocycles. The third-order valence-corrected chi connectivity index (χ3v) is 4.81. The Hall–Kier alpha value is -2.58. The Morgan fingerprint density at radius 1 is 1.15 bits per heavy atom. The molecule has 9 heteroatoms. The average Bonchev–Trinajstić information content (AvgIpc) is 3.37. The summed E-state index contributed by atoms with van der Waals surface area (Å²) < 4.78 is 12.7. The zero-order valence-corrected chi connectivity index (χ0v) is 15.4. The molecule has 3 heterocycles. The highest BCUT2D eigenvalue weighted by molar-refractivity contribution is 7.98. The molecule has 4 aromatic rings. The van der Waals surface area contributed by atoms with Gasteiger partial charge in [0.1, 0.15) is 5.76 Å². The van der Waals surface area contributed by atoms with Crippen molar-refractivity contribution in [1.82, 2.24) is 24.9 Å². The van der Waals surface area contributed by atoms with E-state index in [4.69, 9.17) is 20.5 Å². The third-order valence-electron chi connectivity index (χ3n) is 3.61. The Bertz CT molecular complexity index is 995. The van der Waals surface area contributed by atoms with Gasteiger partial charge < -0.3 is 8.94 Å². The van der Waals surface area contributed by atoms with Gasteiger partial charge in [0.2, 0.25) is 5.89 Å². The molecule has 1 aromatic carbocycles. The summed E-state index contributed by atoms with van der Waals surface area (Å²) >= 11 is 7.47. The second kappa shape index (κ2) is 7.35. The summed E-state index contributed by atoms with van der Waals surface area (Å²) in [5.74, 6) is 3.22. The highest BCUT2D eigenvalue weighted by Crippen LogP contribution is 2.27. The summed E-state index contributed by atoms with van der Waals surface area (Å²) in [7, 11) is 0. The number of rotatable bonds is 6. The number of halogens is 1. The Kier molecular flexibility index (Phi) is 4.77. The minimum absolute atomic E-state index is 0.512. The lowest BCUT2D eigenvalue weighted by atomic mass is 10.2. The van der Waals surface area contributed by atoms with E-state index in [2.05, 4.69) is 20.3 Å². The summed E-state index contributed by atoms with van der Waals surface area (Å²) in [5, 5.41) is 13.9. The van der Waals surface area contributed by atoms with Crippen molar-refractivity contribution in [3.63, 3.8) is 0 Å². The highest BCUT2D eigenvalue weighted by atomic mass is 35.5. The van der Waals surface area contributed by atoms with Crippen LogP contribution in [-0.2, 0) is 12.3 Å². The van der Waals surface area contributed by atoms with E-state index in [1.807, 2.05) is 41.0 Å². The lowest BCUT2D eigenvalue weighted by molar-refractivity contribution is 0.387. The largest absolute Gasteiger partial charge is 0.467 e. The SMILES string of the molecule is Cc1noc(CSc2nnc(-c3ccc(Cl)cc3)n2Cc2ccco2)n1. The van der Waals surface area contributed by atoms with Gasteiger partial charge in [-0.15, -0.1) is 10.2 Å². The summed E-state index contributed by atoms with van der Waals surface area (Å²) in [6.07, 6.45) is 1.65. The van der Waals surface area contributed by atoms with Crippen molar-refractivity contribution in [2.75, 3.05) is 0 Å². The summed E-state index contributed by atoms with van der Waals surface area (Å²) in [6, 6.07) is 11.3. The predicted molar refractivity (Wildman–Crippen MR) is 96.9 cm³/mol. The standard InChI is InChI=1S/C17H14ClN5O2S/c1-11-19-15(25-22-11)10-26-17-21-20-16(12-4-6-13(18)7-5-12)23(17)9-14-3-2-8-24-14/h2-8H,9-10H2,1H3. The van der Waals surface area contributed by atoms with Crippen molar-refractivity contribution in [3.8, 4) is 11.4 Å². The van der Waals surface area contributed by atoms with Gasteiger partial charge in [0, 0.05) is 10.6 Å². The fourth-order valence-electron chi connectivity index (χ4n) is 2.43. The van der Waals surface area contributed by atoms with Crippen LogP contribution < -0.4 is 0 Å². The Morgan fingerprint density at radius 2 is 2.00 bits per heavy atom. The summed E-state index contributed by atoms with van der Waals surface area (Å²) in [6.45, 7) is 2.30. The molecule has 0 bridgehead atoms. The van der Waals surface area contributed by atoms with E-state index in [-0.39, 0.29) is 0 Å². The molecule has 0 aliphatic rings. The van der Waals surface area contributed by atoms with Gasteiger partial charge in [-0.1, -0.05) is 28.5 Å². The molecule has 0 N–H and O–H groups in total. The minimum atomic E-state index is 0.512. The van der Waals surface area contributed by atoms with Gasteiger partial charge in [-0.3, -0.25) is 4.57 Å². The maximum atomic E-state index is 5.99. The van der Waals surface area contributed by atoms with E-state index in [1.54, 1.807) is 13.2 Å². The Labute approximate surface area is 158 Å². The quantitative estimate of drug-likeness (QED) is 0.458. The van der Waals surface area contributed by atoms with Crippen LogP contribution in [0.3, 0.4) is 0 Å². The van der Waals surface area contributed by atoms with E-state index in [0.29, 0.717) is 29.0 Å². The molecule has 0 atom stereocenters. The minimum Gasteiger partial charge on any atom is -0.467 e. The monoisotopic (exact) mass is 387 g/mol. The first-order chi connectivity index (χ1) is 12.7. The number of furan rings is 1. The maximum Gasteiger partial charge on any atom is 0.237 e. The first-order valence-electron chi connectivity index (χ1n) is 7.82. The van der Waals surface area contributed by atoms with Gasteiger partial charge in [0.15, 0.2) is 16.8 Å². The second-order valence-electron chi connectivity index (χ2n) is 5.50. The fourth-order valence-corrected chi connectivity index (χ4v) is 3.34. The number of thioether (sulfide) groups is 1. The van der Waals surface area contributed by atoms with Gasteiger partial charge in [0.05, 0.1) is 18.6 Å².